The first-order chi connectivity index (χ1) is 12.0. The largest absolute Gasteiger partial charge is 0.371 e. The number of amides is 2. The number of nitrogens with one attached hydrogen (secondary N) is 2. The second kappa shape index (κ2) is 9.42. The van der Waals surface area contributed by atoms with E-state index in [0.29, 0.717) is 6.42 Å². The fourth-order valence-corrected chi connectivity index (χ4v) is 3.09. The van der Waals surface area contributed by atoms with E-state index in [-0.39, 0.29) is 24.3 Å². The van der Waals surface area contributed by atoms with Crippen LogP contribution >= 0.6 is 0 Å². The first kappa shape index (κ1) is 19.2. The molecule has 6 heteroatoms. The van der Waals surface area contributed by atoms with Crippen molar-refractivity contribution in [2.45, 2.75) is 58.0 Å². The highest BCUT2D eigenvalue weighted by Gasteiger charge is 2.17. The van der Waals surface area contributed by atoms with E-state index in [0.717, 1.165) is 30.9 Å². The summed E-state index contributed by atoms with van der Waals surface area (Å²) in [5.41, 5.74) is 7.72. The maximum Gasteiger partial charge on any atom is 0.237 e. The molecule has 138 valence electrons. The first-order valence-corrected chi connectivity index (χ1v) is 9.20. The maximum absolute atomic E-state index is 12.2. The Labute approximate surface area is 150 Å². The van der Waals surface area contributed by atoms with Crippen LogP contribution in [0.4, 0.5) is 11.4 Å². The molecule has 25 heavy (non-hydrogen) atoms. The predicted molar refractivity (Wildman–Crippen MR) is 102 cm³/mol. The van der Waals surface area contributed by atoms with Gasteiger partial charge in [0.05, 0.1) is 6.04 Å². The van der Waals surface area contributed by atoms with Crippen LogP contribution in [0.15, 0.2) is 24.3 Å². The normalized spacial score (nSPS) is 16.4. The van der Waals surface area contributed by atoms with E-state index < -0.39 is 6.04 Å². The smallest absolute Gasteiger partial charge is 0.237 e. The summed E-state index contributed by atoms with van der Waals surface area (Å²) in [6.07, 6.45) is 4.16. The number of nitrogens with zero attached hydrogens (tertiary/aromatic N) is 1. The lowest BCUT2D eigenvalue weighted by Gasteiger charge is -2.19. The van der Waals surface area contributed by atoms with Gasteiger partial charge >= 0.3 is 0 Å². The molecule has 2 rings (SSSR count). The van der Waals surface area contributed by atoms with Crippen molar-refractivity contribution >= 4 is 23.2 Å². The van der Waals surface area contributed by atoms with Crippen LogP contribution in [-0.4, -0.2) is 37.0 Å². The van der Waals surface area contributed by atoms with Crippen LogP contribution in [-0.2, 0) is 9.59 Å². The third-order valence-corrected chi connectivity index (χ3v) is 4.42. The summed E-state index contributed by atoms with van der Waals surface area (Å²) < 4.78 is 0. The average Bonchev–Trinajstić information content (AvgIpc) is 3.09. The van der Waals surface area contributed by atoms with Crippen LogP contribution < -0.4 is 21.3 Å². The Morgan fingerprint density at radius 3 is 2.68 bits per heavy atom. The molecule has 1 heterocycles. The van der Waals surface area contributed by atoms with E-state index in [9.17, 15) is 9.59 Å². The number of nitrogens with two attached hydrogens (primary N) is 1. The van der Waals surface area contributed by atoms with Gasteiger partial charge in [-0.05, 0) is 44.4 Å². The topological polar surface area (TPSA) is 87.5 Å². The lowest BCUT2D eigenvalue weighted by atomic mass is 10.1. The van der Waals surface area contributed by atoms with Gasteiger partial charge in [0, 0.05) is 36.9 Å². The molecule has 4 N–H and O–H groups in total. The SMILES string of the molecule is CCCC(N)C(=O)NC(C)CC(=O)Nc1cccc(N2CCCC2)c1. The molecule has 2 atom stereocenters. The number of carbonyl (C=O) groups is 2. The molecule has 1 fully saturated rings. The zero-order valence-electron chi connectivity index (χ0n) is 15.3. The van der Waals surface area contributed by atoms with Crippen LogP contribution in [0, 0.1) is 0 Å². The highest BCUT2D eigenvalue weighted by atomic mass is 16.2. The monoisotopic (exact) mass is 346 g/mol. The van der Waals surface area contributed by atoms with Crippen LogP contribution in [0.2, 0.25) is 0 Å². The molecular formula is C19H30N4O2. The second-order valence-corrected chi connectivity index (χ2v) is 6.80. The van der Waals surface area contributed by atoms with E-state index in [4.69, 9.17) is 5.73 Å². The van der Waals surface area contributed by atoms with Crippen LogP contribution in [0.3, 0.4) is 0 Å². The number of hydrogen-bond acceptors (Lipinski definition) is 4. The van der Waals surface area contributed by atoms with Gasteiger partial charge in [-0.2, -0.15) is 0 Å². The van der Waals surface area contributed by atoms with Gasteiger partial charge in [-0.25, -0.2) is 0 Å². The minimum Gasteiger partial charge on any atom is -0.371 e. The first-order valence-electron chi connectivity index (χ1n) is 9.20. The van der Waals surface area contributed by atoms with Crippen molar-refractivity contribution < 1.29 is 9.59 Å². The molecule has 1 aromatic rings. The number of benzene rings is 1. The van der Waals surface area contributed by atoms with E-state index in [2.05, 4.69) is 21.6 Å². The standard InChI is InChI=1S/C19H30N4O2/c1-3-7-17(20)19(25)21-14(2)12-18(24)22-15-8-6-9-16(13-15)23-10-4-5-11-23/h6,8-9,13-14,17H,3-5,7,10-12,20H2,1-2H3,(H,21,25)(H,22,24). The van der Waals surface area contributed by atoms with Crippen molar-refractivity contribution in [3.05, 3.63) is 24.3 Å². The molecule has 1 saturated heterocycles. The molecule has 1 aliphatic heterocycles. The van der Waals surface area contributed by atoms with Crippen molar-refractivity contribution in [3.8, 4) is 0 Å². The summed E-state index contributed by atoms with van der Waals surface area (Å²) in [5, 5.41) is 5.72. The Bertz CT molecular complexity index is 585. The van der Waals surface area contributed by atoms with Crippen molar-refractivity contribution in [1.82, 2.24) is 5.32 Å². The van der Waals surface area contributed by atoms with Crippen LogP contribution in [0.5, 0.6) is 0 Å². The Morgan fingerprint density at radius 2 is 2.00 bits per heavy atom. The molecule has 6 nitrogen and oxygen atoms in total. The third kappa shape index (κ3) is 6.05. The van der Waals surface area contributed by atoms with Crippen LogP contribution in [0.1, 0.15) is 46.0 Å². The van der Waals surface area contributed by atoms with Gasteiger partial charge in [0.2, 0.25) is 11.8 Å². The third-order valence-electron chi connectivity index (χ3n) is 4.42. The quantitative estimate of drug-likeness (QED) is 0.674. The van der Waals surface area contributed by atoms with Crippen LogP contribution in [0.25, 0.3) is 0 Å². The summed E-state index contributed by atoms with van der Waals surface area (Å²) in [6, 6.07) is 7.16. The van der Waals surface area contributed by atoms with E-state index in [1.54, 1.807) is 0 Å². The minimum atomic E-state index is -0.507. The maximum atomic E-state index is 12.2. The van der Waals surface area contributed by atoms with Gasteiger partial charge in [-0.1, -0.05) is 19.4 Å². The summed E-state index contributed by atoms with van der Waals surface area (Å²) in [7, 11) is 0. The number of rotatable bonds is 8. The molecule has 0 aliphatic carbocycles. The van der Waals surface area contributed by atoms with Gasteiger partial charge in [-0.3, -0.25) is 9.59 Å². The fourth-order valence-electron chi connectivity index (χ4n) is 3.09. The Kier molecular flexibility index (Phi) is 7.25. The van der Waals surface area contributed by atoms with Gasteiger partial charge in [0.25, 0.3) is 0 Å². The number of carbonyl (C=O) groups excluding carboxylic acids is 2. The zero-order valence-corrected chi connectivity index (χ0v) is 15.3. The molecule has 0 radical (unpaired) electrons. The molecule has 0 saturated carbocycles. The molecule has 1 aliphatic rings. The Morgan fingerprint density at radius 1 is 1.28 bits per heavy atom. The van der Waals surface area contributed by atoms with E-state index >= 15 is 0 Å². The Balaban J connectivity index is 1.83. The average molecular weight is 346 g/mol. The van der Waals surface area contributed by atoms with Gasteiger partial charge in [-0.15, -0.1) is 0 Å². The highest BCUT2D eigenvalue weighted by Crippen LogP contribution is 2.23. The van der Waals surface area contributed by atoms with Gasteiger partial charge in [0.1, 0.15) is 0 Å². The van der Waals surface area contributed by atoms with Crippen molar-refractivity contribution in [1.29, 1.82) is 0 Å². The number of hydrogen-bond donors (Lipinski definition) is 3. The van der Waals surface area contributed by atoms with Gasteiger partial charge in [0.15, 0.2) is 0 Å². The molecule has 2 unspecified atom stereocenters. The van der Waals surface area contributed by atoms with Crippen molar-refractivity contribution in [2.24, 2.45) is 5.73 Å². The minimum absolute atomic E-state index is 0.115. The summed E-state index contributed by atoms with van der Waals surface area (Å²) >= 11 is 0. The molecule has 1 aromatic carbocycles. The van der Waals surface area contributed by atoms with Crippen molar-refractivity contribution in [2.75, 3.05) is 23.3 Å². The molecular weight excluding hydrogens is 316 g/mol. The van der Waals surface area contributed by atoms with E-state index in [1.165, 1.54) is 12.8 Å². The van der Waals surface area contributed by atoms with E-state index in [1.807, 2.05) is 32.0 Å². The molecule has 0 bridgehead atoms. The fraction of sp³-hybridized carbons (Fsp3) is 0.579. The Hall–Kier alpha value is -2.08. The summed E-state index contributed by atoms with van der Waals surface area (Å²) in [6.45, 7) is 5.94. The number of anilines is 2. The second-order valence-electron chi connectivity index (χ2n) is 6.80. The lowest BCUT2D eigenvalue weighted by molar-refractivity contribution is -0.123. The summed E-state index contributed by atoms with van der Waals surface area (Å²) in [5.74, 6) is -0.311. The predicted octanol–water partition coefficient (Wildman–Crippen LogP) is 2.25. The highest BCUT2D eigenvalue weighted by molar-refractivity contribution is 5.92. The molecule has 0 aromatic heterocycles. The lowest BCUT2D eigenvalue weighted by Crippen LogP contribution is -2.45. The molecule has 2 amide bonds. The zero-order chi connectivity index (χ0) is 18.2. The molecule has 0 spiro atoms. The summed E-state index contributed by atoms with van der Waals surface area (Å²) in [4.78, 5) is 26.5. The van der Waals surface area contributed by atoms with Gasteiger partial charge < -0.3 is 21.3 Å². The van der Waals surface area contributed by atoms with Crippen molar-refractivity contribution in [3.63, 3.8) is 0 Å².